The minimum Gasteiger partial charge on any atom is -0.344 e. The number of aryl methyl sites for hydroxylation is 3. The highest BCUT2D eigenvalue weighted by Crippen LogP contribution is 2.42. The average Bonchev–Trinajstić information content (AvgIpc) is 3.62. The summed E-state index contributed by atoms with van der Waals surface area (Å²) in [5.41, 5.74) is 0.676. The molecule has 2 aromatic carbocycles. The molecule has 1 aliphatic rings. The van der Waals surface area contributed by atoms with E-state index in [0.717, 1.165) is 18.4 Å². The number of halogens is 3. The summed E-state index contributed by atoms with van der Waals surface area (Å²) in [6, 6.07) is 8.69. The second kappa shape index (κ2) is 9.03. The third-order valence-electron chi connectivity index (χ3n) is 5.82. The van der Waals surface area contributed by atoms with E-state index in [9.17, 15) is 17.8 Å². The zero-order valence-electron chi connectivity index (χ0n) is 19.4. The summed E-state index contributed by atoms with van der Waals surface area (Å²) in [6.45, 7) is 3.67. The molecule has 1 fully saturated rings. The van der Waals surface area contributed by atoms with Crippen LogP contribution in [0.25, 0.3) is 0 Å². The number of rotatable bonds is 7. The Bertz CT molecular complexity index is 1420. The number of benzene rings is 2. The highest BCUT2D eigenvalue weighted by molar-refractivity contribution is 7.92. The van der Waals surface area contributed by atoms with Gasteiger partial charge in [-0.15, -0.1) is 10.2 Å². The number of nitrogens with zero attached hydrogens (tertiary/aromatic N) is 3. The number of amides is 1. The van der Waals surface area contributed by atoms with E-state index in [1.165, 1.54) is 25.1 Å². The monoisotopic (exact) mass is 503 g/mol. The van der Waals surface area contributed by atoms with Crippen molar-refractivity contribution in [1.82, 2.24) is 20.5 Å². The van der Waals surface area contributed by atoms with Gasteiger partial charge in [0.15, 0.2) is 10.7 Å². The summed E-state index contributed by atoms with van der Waals surface area (Å²) in [4.78, 5) is 16.4. The van der Waals surface area contributed by atoms with Crippen LogP contribution in [0.15, 0.2) is 46.3 Å². The Hall–Kier alpha value is -3.34. The molecule has 0 bridgehead atoms. The highest BCUT2D eigenvalue weighted by Gasteiger charge is 2.36. The van der Waals surface area contributed by atoms with Crippen molar-refractivity contribution >= 4 is 15.6 Å². The normalized spacial score (nSPS) is 15.5. The number of nitrogens with one attached hydrogen (secondary N) is 2. The van der Waals surface area contributed by atoms with Gasteiger partial charge in [0.25, 0.3) is 11.8 Å². The summed E-state index contributed by atoms with van der Waals surface area (Å²) in [7, 11) is -4.17. The van der Waals surface area contributed by atoms with E-state index in [0.29, 0.717) is 11.1 Å². The van der Waals surface area contributed by atoms with Crippen molar-refractivity contribution in [3.8, 4) is 0 Å². The second-order valence-corrected chi connectivity index (χ2v) is 10.6. The van der Waals surface area contributed by atoms with Gasteiger partial charge in [0.1, 0.15) is 21.4 Å². The maximum Gasteiger partial charge on any atom is 0.290 e. The maximum atomic E-state index is 15.1. The fraction of sp³-hybridized carbons (Fsp3) is 0.333. The van der Waals surface area contributed by atoms with Gasteiger partial charge in [-0.2, -0.15) is 8.78 Å². The molecule has 35 heavy (non-hydrogen) atoms. The van der Waals surface area contributed by atoms with Gasteiger partial charge >= 0.3 is 0 Å². The zero-order chi connectivity index (χ0) is 25.5. The van der Waals surface area contributed by atoms with Crippen LogP contribution in [-0.4, -0.2) is 31.8 Å². The Morgan fingerprint density at radius 1 is 1.17 bits per heavy atom. The molecule has 1 saturated carbocycles. The first kappa shape index (κ1) is 24.8. The molecule has 0 spiro atoms. The van der Waals surface area contributed by atoms with Gasteiger partial charge in [-0.1, -0.05) is 35.9 Å². The van der Waals surface area contributed by atoms with Gasteiger partial charge in [0.2, 0.25) is 0 Å². The van der Waals surface area contributed by atoms with Gasteiger partial charge in [0, 0.05) is 5.56 Å². The number of hydrogen-bond acceptors (Lipinski definition) is 6. The van der Waals surface area contributed by atoms with E-state index in [-0.39, 0.29) is 17.3 Å². The second-order valence-electron chi connectivity index (χ2n) is 8.71. The minimum absolute atomic E-state index is 0.00226. The molecule has 7 nitrogen and oxygen atoms in total. The molecule has 3 aromatic rings. The molecule has 1 heterocycles. The van der Waals surface area contributed by atoms with Crippen LogP contribution in [0.2, 0.25) is 0 Å². The molecule has 4 rings (SSSR count). The predicted octanol–water partition coefficient (Wildman–Crippen LogP) is 4.80. The zero-order valence-corrected chi connectivity index (χ0v) is 20.2. The fourth-order valence-corrected chi connectivity index (χ4v) is 5.31. The lowest BCUT2D eigenvalue weighted by Gasteiger charge is -2.20. The molecule has 1 atom stereocenters. The van der Waals surface area contributed by atoms with Crippen LogP contribution in [0.3, 0.4) is 0 Å². The van der Waals surface area contributed by atoms with Crippen molar-refractivity contribution in [3.05, 3.63) is 76.0 Å². The number of aromatic nitrogens is 3. The van der Waals surface area contributed by atoms with Crippen molar-refractivity contribution in [2.45, 2.75) is 55.4 Å². The van der Waals surface area contributed by atoms with E-state index in [4.69, 9.17) is 4.78 Å². The third-order valence-corrected chi connectivity index (χ3v) is 7.57. The largest absolute Gasteiger partial charge is 0.344 e. The van der Waals surface area contributed by atoms with Crippen LogP contribution < -0.4 is 5.32 Å². The SMILES string of the molecule is Cc1ccc(C(F)(F)CNC(=O)c2nc(C)nnc2S(=N)(=O)c2cccc(C3CC3)c2F)c(C)c1. The van der Waals surface area contributed by atoms with Gasteiger partial charge in [0.05, 0.1) is 11.4 Å². The average molecular weight is 504 g/mol. The van der Waals surface area contributed by atoms with Crippen LogP contribution in [0, 0.1) is 31.4 Å². The quantitative estimate of drug-likeness (QED) is 0.482. The summed E-state index contributed by atoms with van der Waals surface area (Å²) >= 11 is 0. The molecule has 2 N–H and O–H groups in total. The Kier molecular flexibility index (Phi) is 6.39. The van der Waals surface area contributed by atoms with Crippen molar-refractivity contribution in [2.75, 3.05) is 6.54 Å². The summed E-state index contributed by atoms with van der Waals surface area (Å²) in [5.74, 6) is -5.33. The van der Waals surface area contributed by atoms with E-state index in [2.05, 4.69) is 20.5 Å². The van der Waals surface area contributed by atoms with Crippen molar-refractivity contribution in [2.24, 2.45) is 0 Å². The van der Waals surface area contributed by atoms with E-state index >= 15 is 4.39 Å². The lowest BCUT2D eigenvalue weighted by molar-refractivity contribution is -0.00316. The van der Waals surface area contributed by atoms with Gasteiger partial charge in [-0.05, 0) is 56.7 Å². The molecule has 0 saturated heterocycles. The summed E-state index contributed by atoms with van der Waals surface area (Å²) in [6.07, 6.45) is 1.57. The molecule has 11 heteroatoms. The van der Waals surface area contributed by atoms with Crippen LogP contribution in [0.5, 0.6) is 0 Å². The van der Waals surface area contributed by atoms with Crippen molar-refractivity contribution in [1.29, 1.82) is 4.78 Å². The first-order valence-electron chi connectivity index (χ1n) is 10.9. The molecular weight excluding hydrogens is 479 g/mol. The molecule has 1 aliphatic carbocycles. The lowest BCUT2D eigenvalue weighted by Crippen LogP contribution is -2.36. The maximum absolute atomic E-state index is 15.1. The van der Waals surface area contributed by atoms with Crippen LogP contribution >= 0.6 is 0 Å². The van der Waals surface area contributed by atoms with Crippen LogP contribution in [0.1, 0.15) is 57.3 Å². The van der Waals surface area contributed by atoms with Crippen molar-refractivity contribution < 1.29 is 22.2 Å². The van der Waals surface area contributed by atoms with Crippen LogP contribution in [-0.2, 0) is 15.7 Å². The predicted molar refractivity (Wildman–Crippen MR) is 122 cm³/mol. The van der Waals surface area contributed by atoms with Crippen molar-refractivity contribution in [3.63, 3.8) is 0 Å². The minimum atomic E-state index is -4.17. The molecule has 0 radical (unpaired) electrons. The molecule has 184 valence electrons. The number of carbonyl (C=O) groups excluding carboxylic acids is 1. The van der Waals surface area contributed by atoms with E-state index in [1.807, 2.05) is 0 Å². The smallest absolute Gasteiger partial charge is 0.290 e. The fourth-order valence-electron chi connectivity index (χ4n) is 3.90. The topological polar surface area (TPSA) is 109 Å². The molecule has 1 unspecified atom stereocenters. The summed E-state index contributed by atoms with van der Waals surface area (Å²) < 4.78 is 66.9. The lowest BCUT2D eigenvalue weighted by atomic mass is 10.0. The molecular formula is C24H24F3N5O2S. The Morgan fingerprint density at radius 3 is 2.54 bits per heavy atom. The Labute approximate surface area is 201 Å². The first-order valence-corrected chi connectivity index (χ1v) is 12.5. The Morgan fingerprint density at radius 2 is 1.89 bits per heavy atom. The van der Waals surface area contributed by atoms with Gasteiger partial charge < -0.3 is 5.32 Å². The highest BCUT2D eigenvalue weighted by atomic mass is 32.2. The standard InChI is InChI=1S/C24H24F3N5O2S/c1-13-7-10-18(14(2)11-13)24(26,27)12-29-22(33)21-23(32-31-15(3)30-21)35(28,34)19-6-4-5-17(20(19)25)16-8-9-16/h4-7,10-11,16,28H,8-9,12H2,1-3H3,(H,29,33). The molecule has 1 amide bonds. The van der Waals surface area contributed by atoms with Gasteiger partial charge in [-0.3, -0.25) is 4.79 Å². The van der Waals surface area contributed by atoms with E-state index in [1.54, 1.807) is 32.0 Å². The molecule has 1 aromatic heterocycles. The summed E-state index contributed by atoms with van der Waals surface area (Å²) in [5, 5.41) is 8.82. The van der Waals surface area contributed by atoms with Crippen LogP contribution in [0.4, 0.5) is 13.2 Å². The van der Waals surface area contributed by atoms with E-state index < -0.39 is 49.5 Å². The number of carbonyl (C=O) groups is 1. The number of alkyl halides is 2. The first-order chi connectivity index (χ1) is 16.4. The molecule has 0 aliphatic heterocycles. The number of hydrogen-bond donors (Lipinski definition) is 2. The third kappa shape index (κ3) is 4.90. The van der Waals surface area contributed by atoms with Gasteiger partial charge in [-0.25, -0.2) is 18.4 Å². The Balaban J connectivity index is 1.66.